The Hall–Kier alpha value is -5.22. The largest absolute Gasteiger partial charge is 0.458 e. The molecule has 0 bridgehead atoms. The zero-order chi connectivity index (χ0) is 27.9. The van der Waals surface area contributed by atoms with Crippen molar-refractivity contribution in [3.63, 3.8) is 0 Å². The zero-order valence-corrected chi connectivity index (χ0v) is 23.5. The van der Waals surface area contributed by atoms with Gasteiger partial charge in [-0.2, -0.15) is 0 Å². The molecule has 0 N–H and O–H groups in total. The summed E-state index contributed by atoms with van der Waals surface area (Å²) in [4.78, 5) is 2.42. The van der Waals surface area contributed by atoms with Gasteiger partial charge in [0.25, 0.3) is 6.71 Å². The minimum Gasteiger partial charge on any atom is -0.458 e. The maximum absolute atomic E-state index is 6.63. The van der Waals surface area contributed by atoms with E-state index in [1.807, 2.05) is 0 Å². The zero-order valence-electron chi connectivity index (χ0n) is 23.5. The highest BCUT2D eigenvalue weighted by atomic mass is 16.5. The average molecular weight is 538 g/mol. The fourth-order valence-corrected chi connectivity index (χ4v) is 7.37. The van der Waals surface area contributed by atoms with Crippen molar-refractivity contribution in [2.24, 2.45) is 0 Å². The van der Waals surface area contributed by atoms with Gasteiger partial charge in [0.15, 0.2) is 0 Å². The van der Waals surface area contributed by atoms with E-state index < -0.39 is 0 Å². The smallest absolute Gasteiger partial charge is 0.256 e. The normalized spacial score (nSPS) is 13.1. The molecule has 1 aromatic heterocycles. The van der Waals surface area contributed by atoms with E-state index in [0.29, 0.717) is 0 Å². The molecule has 4 heteroatoms. The van der Waals surface area contributed by atoms with Gasteiger partial charge in [-0.3, -0.25) is 0 Å². The number of para-hydroxylation sites is 3. The van der Waals surface area contributed by atoms with E-state index in [0.717, 1.165) is 22.9 Å². The van der Waals surface area contributed by atoms with Crippen LogP contribution in [0.4, 0.5) is 17.1 Å². The van der Waals surface area contributed by atoms with E-state index in [9.17, 15) is 0 Å². The molecule has 3 heterocycles. The summed E-state index contributed by atoms with van der Waals surface area (Å²) < 4.78 is 9.04. The van der Waals surface area contributed by atoms with Gasteiger partial charge >= 0.3 is 0 Å². The molecule has 0 unspecified atom stereocenters. The van der Waals surface area contributed by atoms with Crippen molar-refractivity contribution in [3.05, 3.63) is 139 Å². The van der Waals surface area contributed by atoms with Crippen LogP contribution in [-0.4, -0.2) is 11.3 Å². The van der Waals surface area contributed by atoms with Crippen molar-refractivity contribution < 1.29 is 4.74 Å². The topological polar surface area (TPSA) is 17.4 Å². The molecule has 0 fully saturated rings. The molecule has 0 saturated carbocycles. The highest BCUT2D eigenvalue weighted by Crippen LogP contribution is 2.42. The first-order valence-electron chi connectivity index (χ1n) is 14.6. The number of anilines is 3. The highest BCUT2D eigenvalue weighted by Gasteiger charge is 2.42. The number of aryl methyl sites for hydroxylation is 2. The van der Waals surface area contributed by atoms with E-state index >= 15 is 0 Å². The number of rotatable bonds is 2. The van der Waals surface area contributed by atoms with Crippen molar-refractivity contribution in [1.82, 2.24) is 4.57 Å². The van der Waals surface area contributed by atoms with Crippen LogP contribution < -0.4 is 26.0 Å². The van der Waals surface area contributed by atoms with Crippen molar-refractivity contribution in [1.29, 1.82) is 0 Å². The quantitative estimate of drug-likeness (QED) is 0.209. The average Bonchev–Trinajstić information content (AvgIpc) is 3.35. The molecular formula is C38H27BN2O. The van der Waals surface area contributed by atoms with Gasteiger partial charge in [0.2, 0.25) is 0 Å². The fourth-order valence-electron chi connectivity index (χ4n) is 7.37. The number of ether oxygens (including phenoxy) is 1. The number of benzene rings is 6. The fraction of sp³-hybridized carbons (Fsp3) is 0.0526. The molecule has 198 valence electrons. The third-order valence-corrected chi connectivity index (χ3v) is 8.99. The predicted octanol–water partition coefficient (Wildman–Crippen LogP) is 7.81. The second kappa shape index (κ2) is 8.64. The maximum atomic E-state index is 6.63. The van der Waals surface area contributed by atoms with Gasteiger partial charge in [-0.25, -0.2) is 0 Å². The predicted molar refractivity (Wildman–Crippen MR) is 176 cm³/mol. The van der Waals surface area contributed by atoms with Crippen LogP contribution in [0.15, 0.2) is 127 Å². The molecule has 0 atom stereocenters. The number of aromatic nitrogens is 1. The first-order valence-corrected chi connectivity index (χ1v) is 14.6. The molecule has 2 aliphatic rings. The Kier molecular flexibility index (Phi) is 4.83. The van der Waals surface area contributed by atoms with Gasteiger partial charge in [0.05, 0.1) is 11.0 Å². The number of hydrogen-bond donors (Lipinski definition) is 0. The molecule has 0 aliphatic carbocycles. The van der Waals surface area contributed by atoms with Crippen LogP contribution in [-0.2, 0) is 0 Å². The molecule has 0 saturated heterocycles. The number of hydrogen-bond acceptors (Lipinski definition) is 2. The van der Waals surface area contributed by atoms with Crippen LogP contribution in [0.2, 0.25) is 0 Å². The van der Waals surface area contributed by atoms with Gasteiger partial charge < -0.3 is 14.2 Å². The lowest BCUT2D eigenvalue weighted by Crippen LogP contribution is -2.60. The molecule has 2 aliphatic heterocycles. The van der Waals surface area contributed by atoms with Crippen molar-refractivity contribution in [2.75, 3.05) is 4.90 Å². The minimum absolute atomic E-state index is 0.0858. The van der Waals surface area contributed by atoms with Gasteiger partial charge in [0.1, 0.15) is 11.5 Å². The molecule has 7 aromatic rings. The van der Waals surface area contributed by atoms with E-state index in [4.69, 9.17) is 4.74 Å². The number of fused-ring (bicyclic) bond motifs is 7. The Morgan fingerprint density at radius 2 is 1.26 bits per heavy atom. The van der Waals surface area contributed by atoms with Gasteiger partial charge in [-0.1, -0.05) is 78.4 Å². The van der Waals surface area contributed by atoms with E-state index in [1.165, 1.54) is 60.7 Å². The summed E-state index contributed by atoms with van der Waals surface area (Å²) in [7, 11) is 0. The first kappa shape index (κ1) is 23.5. The summed E-state index contributed by atoms with van der Waals surface area (Å²) in [6, 6.07) is 46.1. The lowest BCUT2D eigenvalue weighted by atomic mass is 9.33. The molecule has 0 amide bonds. The van der Waals surface area contributed by atoms with E-state index in [1.54, 1.807) is 0 Å². The second-order valence-electron chi connectivity index (χ2n) is 11.5. The Morgan fingerprint density at radius 1 is 0.548 bits per heavy atom. The van der Waals surface area contributed by atoms with Crippen LogP contribution in [0.3, 0.4) is 0 Å². The van der Waals surface area contributed by atoms with E-state index in [2.05, 4.69) is 151 Å². The van der Waals surface area contributed by atoms with Gasteiger partial charge in [-0.05, 0) is 90.4 Å². The summed E-state index contributed by atoms with van der Waals surface area (Å²) in [6.45, 7) is 4.45. The SMILES string of the molecule is Cc1cc(C)c2c(c1)Oc1cccc3c1B2c1ccc(-n2c4ccccc4c4ccccc42)cc1N3c1ccccc1. The van der Waals surface area contributed by atoms with Crippen LogP contribution in [0, 0.1) is 13.8 Å². The number of nitrogens with zero attached hydrogens (tertiary/aromatic N) is 2. The molecule has 0 radical (unpaired) electrons. The summed E-state index contributed by atoms with van der Waals surface area (Å²) in [5, 5.41) is 2.54. The van der Waals surface area contributed by atoms with Crippen molar-refractivity contribution >= 4 is 62.0 Å². The summed E-state index contributed by atoms with van der Waals surface area (Å²) in [6.07, 6.45) is 0. The van der Waals surface area contributed by atoms with Crippen molar-refractivity contribution in [2.45, 2.75) is 13.8 Å². The molecule has 42 heavy (non-hydrogen) atoms. The maximum Gasteiger partial charge on any atom is 0.256 e. The Labute approximate surface area is 245 Å². The second-order valence-corrected chi connectivity index (χ2v) is 11.5. The lowest BCUT2D eigenvalue weighted by molar-refractivity contribution is 0.487. The van der Waals surface area contributed by atoms with Crippen LogP contribution in [0.5, 0.6) is 11.5 Å². The molecule has 6 aromatic carbocycles. The third kappa shape index (κ3) is 3.18. The van der Waals surface area contributed by atoms with E-state index in [-0.39, 0.29) is 6.71 Å². The Bertz CT molecular complexity index is 2160. The summed E-state index contributed by atoms with van der Waals surface area (Å²) >= 11 is 0. The van der Waals surface area contributed by atoms with Crippen LogP contribution in [0.1, 0.15) is 11.1 Å². The first-order chi connectivity index (χ1) is 20.7. The summed E-state index contributed by atoms with van der Waals surface area (Å²) in [5.41, 5.74) is 13.4. The summed E-state index contributed by atoms with van der Waals surface area (Å²) in [5.74, 6) is 1.90. The van der Waals surface area contributed by atoms with Gasteiger partial charge in [-0.15, -0.1) is 0 Å². The van der Waals surface area contributed by atoms with Crippen LogP contribution in [0.25, 0.3) is 27.5 Å². The monoisotopic (exact) mass is 538 g/mol. The lowest BCUT2D eigenvalue weighted by Gasteiger charge is -2.40. The Morgan fingerprint density at radius 3 is 2.02 bits per heavy atom. The minimum atomic E-state index is 0.0858. The van der Waals surface area contributed by atoms with Crippen LogP contribution >= 0.6 is 0 Å². The highest BCUT2D eigenvalue weighted by molar-refractivity contribution is 6.99. The standard InChI is InChI=1S/C38H27BN2O/c1-24-21-25(2)37-36(22-24)42-35-18-10-17-33-38(35)39(37)30-20-19-27(23-34(30)40(33)26-11-4-3-5-12-26)41-31-15-8-6-13-28(31)29-14-7-9-16-32(29)41/h3-23H,1-2H3. The van der Waals surface area contributed by atoms with Crippen molar-refractivity contribution in [3.8, 4) is 17.2 Å². The molecule has 9 rings (SSSR count). The molecule has 0 spiro atoms. The Balaban J connectivity index is 1.37. The molecular weight excluding hydrogens is 511 g/mol. The molecule has 3 nitrogen and oxygen atoms in total. The third-order valence-electron chi connectivity index (χ3n) is 8.99. The van der Waals surface area contributed by atoms with Gasteiger partial charge in [0, 0.05) is 33.5 Å².